The van der Waals surface area contributed by atoms with Crippen molar-refractivity contribution in [1.82, 2.24) is 15.2 Å². The van der Waals surface area contributed by atoms with Crippen LogP contribution in [-0.2, 0) is 16.8 Å². The van der Waals surface area contributed by atoms with Gasteiger partial charge in [0.1, 0.15) is 17.6 Å². The summed E-state index contributed by atoms with van der Waals surface area (Å²) in [6, 6.07) is 15.9. The second kappa shape index (κ2) is 13.8. The third-order valence-electron chi connectivity index (χ3n) is 7.55. The smallest absolute Gasteiger partial charge is 0.410 e. The number of rotatable bonds is 11. The number of ether oxygens (including phenoxy) is 1. The largest absolute Gasteiger partial charge is 0.444 e. The number of amides is 2. The van der Waals surface area contributed by atoms with Crippen LogP contribution in [0, 0.1) is 5.92 Å². The lowest BCUT2D eigenvalue weighted by atomic mass is 9.73. The van der Waals surface area contributed by atoms with Crippen LogP contribution in [0.2, 0.25) is 0 Å². The third-order valence-corrected chi connectivity index (χ3v) is 7.55. The van der Waals surface area contributed by atoms with Gasteiger partial charge in [-0.2, -0.15) is 0 Å². The van der Waals surface area contributed by atoms with Gasteiger partial charge in [-0.3, -0.25) is 9.59 Å². The highest BCUT2D eigenvalue weighted by Crippen LogP contribution is 2.43. The number of aliphatic hydroxyl groups is 1. The molecule has 1 aliphatic rings. The summed E-state index contributed by atoms with van der Waals surface area (Å²) in [5.41, 5.74) is -0.359. The number of nitrogens with one attached hydrogen (secondary N) is 1. The number of carbonyl (C=O) groups is 3. The van der Waals surface area contributed by atoms with Crippen molar-refractivity contribution in [1.29, 1.82) is 0 Å². The summed E-state index contributed by atoms with van der Waals surface area (Å²) < 4.78 is 11.8. The van der Waals surface area contributed by atoms with E-state index in [0.29, 0.717) is 23.3 Å². The number of oxazole rings is 1. The van der Waals surface area contributed by atoms with Gasteiger partial charge < -0.3 is 24.5 Å². The number of aromatic nitrogens is 1. The molecule has 9 nitrogen and oxygen atoms in total. The van der Waals surface area contributed by atoms with Gasteiger partial charge in [0.05, 0.1) is 6.20 Å². The van der Waals surface area contributed by atoms with E-state index in [1.165, 1.54) is 4.90 Å². The maximum absolute atomic E-state index is 13.0. The van der Waals surface area contributed by atoms with Gasteiger partial charge in [0.25, 0.3) is 5.91 Å². The Kier molecular flexibility index (Phi) is 10.2. The van der Waals surface area contributed by atoms with Crippen LogP contribution in [0.5, 0.6) is 0 Å². The van der Waals surface area contributed by atoms with Crippen molar-refractivity contribution >= 4 is 18.3 Å². The van der Waals surface area contributed by atoms with E-state index in [4.69, 9.17) is 9.15 Å². The molecule has 2 amide bonds. The Bertz CT molecular complexity index is 1330. The van der Waals surface area contributed by atoms with E-state index in [9.17, 15) is 19.5 Å². The van der Waals surface area contributed by atoms with Crippen LogP contribution >= 0.6 is 0 Å². The Morgan fingerprint density at radius 1 is 1.05 bits per heavy atom. The van der Waals surface area contributed by atoms with Gasteiger partial charge in [0, 0.05) is 43.1 Å². The minimum atomic E-state index is -1.33. The molecule has 1 saturated carbocycles. The van der Waals surface area contributed by atoms with Crippen LogP contribution in [0.25, 0.3) is 0 Å². The number of aldehydes is 1. The Morgan fingerprint density at radius 2 is 1.74 bits per heavy atom. The zero-order valence-corrected chi connectivity index (χ0v) is 24.7. The number of hydrogen-bond acceptors (Lipinski definition) is 7. The van der Waals surface area contributed by atoms with Crippen molar-refractivity contribution in [3.63, 3.8) is 0 Å². The van der Waals surface area contributed by atoms with E-state index >= 15 is 0 Å². The quantitative estimate of drug-likeness (QED) is 0.289. The van der Waals surface area contributed by atoms with Crippen molar-refractivity contribution in [2.24, 2.45) is 5.92 Å². The highest BCUT2D eigenvalue weighted by atomic mass is 16.6. The molecule has 1 aliphatic carbocycles. The monoisotopic (exact) mass is 575 g/mol. The molecule has 9 heteroatoms. The number of carbonyl (C=O) groups excluding carboxylic acids is 3. The zero-order valence-electron chi connectivity index (χ0n) is 24.7. The summed E-state index contributed by atoms with van der Waals surface area (Å²) in [4.78, 5) is 42.5. The molecule has 2 aromatic carbocycles. The molecule has 2 N–H and O–H groups in total. The summed E-state index contributed by atoms with van der Waals surface area (Å²) in [5, 5.41) is 14.9. The second-order valence-electron chi connectivity index (χ2n) is 11.8. The van der Waals surface area contributed by atoms with Crippen molar-refractivity contribution in [3.05, 3.63) is 89.1 Å². The Labute approximate surface area is 247 Å². The van der Waals surface area contributed by atoms with Crippen LogP contribution < -0.4 is 5.32 Å². The maximum atomic E-state index is 13.0. The normalized spacial score (nSPS) is 15.4. The lowest BCUT2D eigenvalue weighted by Gasteiger charge is -2.36. The van der Waals surface area contributed by atoms with Gasteiger partial charge in [0.2, 0.25) is 5.89 Å². The molecule has 0 spiro atoms. The highest BCUT2D eigenvalue weighted by molar-refractivity contribution is 5.94. The van der Waals surface area contributed by atoms with E-state index in [2.05, 4.69) is 10.3 Å². The predicted molar refractivity (Wildman–Crippen MR) is 158 cm³/mol. The molecular formula is C33H41N3O6. The molecule has 1 heterocycles. The Hall–Kier alpha value is -3.98. The zero-order chi connectivity index (χ0) is 30.2. The second-order valence-corrected chi connectivity index (χ2v) is 11.8. The molecular weight excluding hydrogens is 534 g/mol. The fourth-order valence-corrected chi connectivity index (χ4v) is 5.33. The van der Waals surface area contributed by atoms with Crippen LogP contribution in [0.3, 0.4) is 0 Å². The average molecular weight is 576 g/mol. The molecule has 0 saturated heterocycles. The number of benzene rings is 2. The molecule has 1 aromatic heterocycles. The molecule has 1 fully saturated rings. The van der Waals surface area contributed by atoms with Crippen LogP contribution in [0.1, 0.15) is 90.8 Å². The first-order valence-electron chi connectivity index (χ1n) is 14.6. The first-order valence-corrected chi connectivity index (χ1v) is 14.6. The fourth-order valence-electron chi connectivity index (χ4n) is 5.33. The standard InChI is InChI=1S/C33H41N3O6/c1-32(2,3)42-31(39)36(21-19-34-29(38)25-16-14-24(23-37)15-17-25)20-18-28-22-35-30(41-28)33(40,26-10-6-4-7-11-26)27-12-8-5-9-13-27/h4,6-7,10-11,14-17,22-23,27,40H,5,8-9,12-13,18-21H2,1-3H3,(H,34,38). The molecule has 42 heavy (non-hydrogen) atoms. The molecule has 224 valence electrons. The fraction of sp³-hybridized carbons (Fsp3) is 0.455. The topological polar surface area (TPSA) is 122 Å². The molecule has 0 radical (unpaired) electrons. The van der Waals surface area contributed by atoms with Gasteiger partial charge in [0.15, 0.2) is 5.60 Å². The summed E-state index contributed by atoms with van der Waals surface area (Å²) in [5.74, 6) is 0.506. The maximum Gasteiger partial charge on any atom is 0.410 e. The van der Waals surface area contributed by atoms with Crippen LogP contribution in [0.15, 0.2) is 65.2 Å². The molecule has 1 unspecified atom stereocenters. The Morgan fingerprint density at radius 3 is 2.38 bits per heavy atom. The van der Waals surface area contributed by atoms with Gasteiger partial charge in [-0.1, -0.05) is 61.7 Å². The lowest BCUT2D eigenvalue weighted by Crippen LogP contribution is -2.42. The van der Waals surface area contributed by atoms with Crippen molar-refractivity contribution < 1.29 is 28.6 Å². The van der Waals surface area contributed by atoms with Gasteiger partial charge in [-0.25, -0.2) is 9.78 Å². The highest BCUT2D eigenvalue weighted by Gasteiger charge is 2.44. The predicted octanol–water partition coefficient (Wildman–Crippen LogP) is 5.51. The summed E-state index contributed by atoms with van der Waals surface area (Å²) >= 11 is 0. The molecule has 1 atom stereocenters. The van der Waals surface area contributed by atoms with Gasteiger partial charge >= 0.3 is 6.09 Å². The summed E-state index contributed by atoms with van der Waals surface area (Å²) in [6.45, 7) is 6.07. The summed E-state index contributed by atoms with van der Waals surface area (Å²) in [7, 11) is 0. The first kappa shape index (κ1) is 31.0. The van der Waals surface area contributed by atoms with Gasteiger partial charge in [-0.05, 0) is 51.3 Å². The minimum absolute atomic E-state index is 0.00309. The number of nitrogens with zero attached hydrogens (tertiary/aromatic N) is 2. The molecule has 0 aliphatic heterocycles. The lowest BCUT2D eigenvalue weighted by molar-refractivity contribution is -0.0240. The van der Waals surface area contributed by atoms with E-state index < -0.39 is 17.3 Å². The van der Waals surface area contributed by atoms with Crippen LogP contribution in [-0.4, -0.2) is 58.5 Å². The third kappa shape index (κ3) is 7.85. The molecule has 3 aromatic rings. The number of hydrogen-bond donors (Lipinski definition) is 2. The minimum Gasteiger partial charge on any atom is -0.444 e. The first-order chi connectivity index (χ1) is 20.1. The van der Waals surface area contributed by atoms with Crippen LogP contribution in [0.4, 0.5) is 4.79 Å². The van der Waals surface area contributed by atoms with E-state index in [1.54, 1.807) is 51.2 Å². The molecule has 0 bridgehead atoms. The summed E-state index contributed by atoms with van der Waals surface area (Å²) in [6.07, 6.45) is 7.23. The van der Waals surface area contributed by atoms with E-state index in [1.807, 2.05) is 30.3 Å². The van der Waals surface area contributed by atoms with E-state index in [-0.39, 0.29) is 37.4 Å². The van der Waals surface area contributed by atoms with Crippen molar-refractivity contribution in [2.45, 2.75) is 70.5 Å². The van der Waals surface area contributed by atoms with Crippen molar-refractivity contribution in [3.8, 4) is 0 Å². The molecule has 4 rings (SSSR count). The average Bonchev–Trinajstić information content (AvgIpc) is 3.48. The SMILES string of the molecule is CC(C)(C)OC(=O)N(CCNC(=O)c1ccc(C=O)cc1)CCc1cnc(C(O)(c2ccccc2)C2CCCCC2)o1. The van der Waals surface area contributed by atoms with Gasteiger partial charge in [-0.15, -0.1) is 0 Å². The van der Waals surface area contributed by atoms with Crippen molar-refractivity contribution in [2.75, 3.05) is 19.6 Å². The Balaban J connectivity index is 1.44. The van der Waals surface area contributed by atoms with E-state index in [0.717, 1.165) is 44.0 Å².